The van der Waals surface area contributed by atoms with Crippen LogP contribution >= 0.6 is 0 Å². The molecule has 2 rings (SSSR count). The maximum absolute atomic E-state index is 12.3. The summed E-state index contributed by atoms with van der Waals surface area (Å²) in [6.45, 7) is 8.62. The molecule has 0 atom stereocenters. The number of rotatable bonds is 5. The van der Waals surface area contributed by atoms with E-state index in [2.05, 4.69) is 29.4 Å². The second kappa shape index (κ2) is 6.11. The average Bonchev–Trinajstić information content (AvgIpc) is 3.02. The predicted molar refractivity (Wildman–Crippen MR) is 81.1 cm³/mol. The average molecular weight is 289 g/mol. The quantitative estimate of drug-likeness (QED) is 0.918. The number of hydrogen-bond donors (Lipinski definition) is 1. The van der Waals surface area contributed by atoms with Gasteiger partial charge in [-0.3, -0.25) is 4.79 Å². The summed E-state index contributed by atoms with van der Waals surface area (Å²) in [7, 11) is 1.92. The molecule has 2 aromatic rings. The molecule has 0 saturated heterocycles. The molecule has 2 aromatic heterocycles. The number of nitrogens with one attached hydrogen (secondary N) is 1. The molecule has 0 aliphatic heterocycles. The Morgan fingerprint density at radius 2 is 2.00 bits per heavy atom. The van der Waals surface area contributed by atoms with Crippen LogP contribution in [-0.2, 0) is 13.6 Å². The molecular weight excluding hydrogens is 266 g/mol. The number of nitrogens with zero attached hydrogens (tertiary/aromatic N) is 4. The third-order valence-corrected chi connectivity index (χ3v) is 3.49. The van der Waals surface area contributed by atoms with E-state index in [4.69, 9.17) is 0 Å². The van der Waals surface area contributed by atoms with Gasteiger partial charge in [-0.05, 0) is 26.0 Å². The van der Waals surface area contributed by atoms with Crippen molar-refractivity contribution >= 4 is 5.91 Å². The molecule has 6 nitrogen and oxygen atoms in total. The lowest BCUT2D eigenvalue weighted by molar-refractivity contribution is 0.0939. The Labute approximate surface area is 125 Å². The van der Waals surface area contributed by atoms with Gasteiger partial charge < -0.3 is 14.5 Å². The van der Waals surface area contributed by atoms with Gasteiger partial charge in [-0.25, -0.2) is 0 Å². The van der Waals surface area contributed by atoms with Gasteiger partial charge in [-0.15, -0.1) is 10.2 Å². The van der Waals surface area contributed by atoms with Crippen molar-refractivity contribution in [3.63, 3.8) is 0 Å². The molecule has 0 bridgehead atoms. The van der Waals surface area contributed by atoms with Crippen LogP contribution in [0.1, 0.15) is 61.8 Å². The van der Waals surface area contributed by atoms with Gasteiger partial charge in [0.25, 0.3) is 5.91 Å². The number of carbonyl (C=O) groups is 1. The normalized spacial score (nSPS) is 11.4. The van der Waals surface area contributed by atoms with Crippen molar-refractivity contribution in [2.75, 3.05) is 0 Å². The molecule has 0 fully saturated rings. The molecule has 114 valence electrons. The van der Waals surface area contributed by atoms with Crippen LogP contribution in [0.2, 0.25) is 0 Å². The zero-order valence-electron chi connectivity index (χ0n) is 13.3. The Morgan fingerprint density at radius 1 is 1.29 bits per heavy atom. The fourth-order valence-corrected chi connectivity index (χ4v) is 2.32. The molecular formula is C15H23N5O. The Hall–Kier alpha value is -2.11. The third-order valence-electron chi connectivity index (χ3n) is 3.49. The summed E-state index contributed by atoms with van der Waals surface area (Å²) in [4.78, 5) is 12.3. The molecule has 0 aliphatic rings. The monoisotopic (exact) mass is 289 g/mol. The van der Waals surface area contributed by atoms with E-state index >= 15 is 0 Å². The lowest BCUT2D eigenvalue weighted by atomic mass is 10.2. The molecule has 21 heavy (non-hydrogen) atoms. The second-order valence-electron chi connectivity index (χ2n) is 5.77. The number of hydrogen-bond acceptors (Lipinski definition) is 3. The largest absolute Gasteiger partial charge is 0.343 e. The van der Waals surface area contributed by atoms with Gasteiger partial charge in [0.2, 0.25) is 0 Å². The highest BCUT2D eigenvalue weighted by atomic mass is 16.1. The lowest BCUT2D eigenvalue weighted by Gasteiger charge is -2.13. The summed E-state index contributed by atoms with van der Waals surface area (Å²) in [6.07, 6.45) is 1.92. The molecule has 0 aliphatic carbocycles. The summed E-state index contributed by atoms with van der Waals surface area (Å²) >= 11 is 0. The fourth-order valence-electron chi connectivity index (χ4n) is 2.32. The molecule has 0 radical (unpaired) electrons. The van der Waals surface area contributed by atoms with Crippen LogP contribution in [-0.4, -0.2) is 25.2 Å². The Balaban J connectivity index is 2.06. The minimum absolute atomic E-state index is 0.0946. The van der Waals surface area contributed by atoms with Gasteiger partial charge in [-0.1, -0.05) is 13.8 Å². The van der Waals surface area contributed by atoms with Crippen molar-refractivity contribution < 1.29 is 4.79 Å². The first-order valence-electron chi connectivity index (χ1n) is 7.25. The van der Waals surface area contributed by atoms with Crippen LogP contribution < -0.4 is 5.32 Å². The maximum atomic E-state index is 12.3. The van der Waals surface area contributed by atoms with Crippen LogP contribution in [0, 0.1) is 0 Å². The maximum Gasteiger partial charge on any atom is 0.268 e. The summed E-state index contributed by atoms with van der Waals surface area (Å²) in [5, 5.41) is 11.2. The molecule has 0 aromatic carbocycles. The van der Waals surface area contributed by atoms with Crippen LogP contribution in [0.25, 0.3) is 0 Å². The van der Waals surface area contributed by atoms with Gasteiger partial charge in [-0.2, -0.15) is 0 Å². The van der Waals surface area contributed by atoms with E-state index in [9.17, 15) is 4.79 Å². The minimum atomic E-state index is -0.0946. The van der Waals surface area contributed by atoms with Gasteiger partial charge in [0.05, 0.1) is 6.54 Å². The predicted octanol–water partition coefficient (Wildman–Crippen LogP) is 2.25. The first-order valence-corrected chi connectivity index (χ1v) is 7.25. The highest BCUT2D eigenvalue weighted by molar-refractivity contribution is 5.92. The van der Waals surface area contributed by atoms with Crippen molar-refractivity contribution in [3.05, 3.63) is 35.7 Å². The summed E-state index contributed by atoms with van der Waals surface area (Å²) in [6, 6.07) is 3.96. The van der Waals surface area contributed by atoms with Crippen molar-refractivity contribution in [2.24, 2.45) is 7.05 Å². The summed E-state index contributed by atoms with van der Waals surface area (Å²) in [5.74, 6) is 1.90. The zero-order valence-corrected chi connectivity index (χ0v) is 13.3. The molecule has 0 saturated carbocycles. The Kier molecular flexibility index (Phi) is 4.45. The van der Waals surface area contributed by atoms with Crippen LogP contribution in [0.5, 0.6) is 0 Å². The topological polar surface area (TPSA) is 64.7 Å². The SMILES string of the molecule is CC(C)c1nnc(CNC(=O)c2cccn2C(C)C)n1C. The standard InChI is InChI=1S/C15H23N5O/c1-10(2)14-18-17-13(19(14)5)9-16-15(21)12-7-6-8-20(12)11(3)4/h6-8,10-11H,9H2,1-5H3,(H,16,21). The van der Waals surface area contributed by atoms with E-state index in [1.165, 1.54) is 0 Å². The van der Waals surface area contributed by atoms with Gasteiger partial charge in [0.1, 0.15) is 11.5 Å². The number of amides is 1. The second-order valence-corrected chi connectivity index (χ2v) is 5.77. The van der Waals surface area contributed by atoms with Gasteiger partial charge in [0.15, 0.2) is 5.82 Å². The first kappa shape index (κ1) is 15.3. The summed E-state index contributed by atoms with van der Waals surface area (Å²) in [5.41, 5.74) is 0.663. The molecule has 0 spiro atoms. The lowest BCUT2D eigenvalue weighted by Crippen LogP contribution is -2.27. The van der Waals surface area contributed by atoms with Crippen molar-refractivity contribution in [3.8, 4) is 0 Å². The van der Waals surface area contributed by atoms with Crippen LogP contribution in [0.4, 0.5) is 0 Å². The van der Waals surface area contributed by atoms with Crippen LogP contribution in [0.15, 0.2) is 18.3 Å². The van der Waals surface area contributed by atoms with Gasteiger partial charge >= 0.3 is 0 Å². The summed E-state index contributed by atoms with van der Waals surface area (Å²) < 4.78 is 3.89. The van der Waals surface area contributed by atoms with E-state index < -0.39 is 0 Å². The van der Waals surface area contributed by atoms with E-state index in [-0.39, 0.29) is 11.9 Å². The Morgan fingerprint density at radius 3 is 2.57 bits per heavy atom. The Bertz CT molecular complexity index is 624. The molecule has 1 amide bonds. The number of aromatic nitrogens is 4. The van der Waals surface area contributed by atoms with Crippen molar-refractivity contribution in [1.82, 2.24) is 24.6 Å². The van der Waals surface area contributed by atoms with E-state index in [0.29, 0.717) is 18.2 Å². The highest BCUT2D eigenvalue weighted by Gasteiger charge is 2.15. The van der Waals surface area contributed by atoms with E-state index in [0.717, 1.165) is 11.6 Å². The molecule has 6 heteroatoms. The highest BCUT2D eigenvalue weighted by Crippen LogP contribution is 2.13. The fraction of sp³-hybridized carbons (Fsp3) is 0.533. The third kappa shape index (κ3) is 3.15. The van der Waals surface area contributed by atoms with Crippen molar-refractivity contribution in [2.45, 2.75) is 46.2 Å². The van der Waals surface area contributed by atoms with Crippen LogP contribution in [0.3, 0.4) is 0 Å². The van der Waals surface area contributed by atoms with Crippen molar-refractivity contribution in [1.29, 1.82) is 0 Å². The van der Waals surface area contributed by atoms with Gasteiger partial charge in [0, 0.05) is 25.2 Å². The van der Waals surface area contributed by atoms with E-state index in [1.807, 2.05) is 48.4 Å². The molecule has 1 N–H and O–H groups in total. The molecule has 2 heterocycles. The van der Waals surface area contributed by atoms with E-state index in [1.54, 1.807) is 0 Å². The minimum Gasteiger partial charge on any atom is -0.343 e. The first-order chi connectivity index (χ1) is 9.91. The smallest absolute Gasteiger partial charge is 0.268 e. The zero-order chi connectivity index (χ0) is 15.6. The number of carbonyl (C=O) groups excluding carboxylic acids is 1. The molecule has 0 unspecified atom stereocenters.